The first kappa shape index (κ1) is 6.66. The highest BCUT2D eigenvalue weighted by atomic mass is 14.2. The van der Waals surface area contributed by atoms with Crippen LogP contribution in [-0.2, 0) is 0 Å². The second-order valence-corrected chi connectivity index (χ2v) is 3.11. The molecule has 56 valence electrons. The normalized spacial score (nSPS) is 22.6. The lowest BCUT2D eigenvalue weighted by molar-refractivity contribution is 0.934. The van der Waals surface area contributed by atoms with Gasteiger partial charge in [-0.05, 0) is 13.3 Å². The second kappa shape index (κ2) is 2.54. The molecule has 2 aliphatic rings. The highest BCUT2D eigenvalue weighted by Crippen LogP contribution is 2.29. The first-order valence-corrected chi connectivity index (χ1v) is 4.09. The van der Waals surface area contributed by atoms with Crippen molar-refractivity contribution in [3.63, 3.8) is 0 Å². The number of rotatable bonds is 1. The maximum Gasteiger partial charge on any atom is 0.0172 e. The summed E-state index contributed by atoms with van der Waals surface area (Å²) in [5.74, 6) is 0.588. The van der Waals surface area contributed by atoms with Crippen LogP contribution in [0.5, 0.6) is 0 Å². The Bertz CT molecular complexity index is 262. The Morgan fingerprint density at radius 1 is 1.27 bits per heavy atom. The van der Waals surface area contributed by atoms with Gasteiger partial charge in [0.25, 0.3) is 0 Å². The van der Waals surface area contributed by atoms with E-state index in [-0.39, 0.29) is 0 Å². The van der Waals surface area contributed by atoms with E-state index in [1.807, 2.05) is 0 Å². The summed E-state index contributed by atoms with van der Waals surface area (Å²) in [7, 11) is 0. The highest BCUT2D eigenvalue weighted by Gasteiger charge is 2.13. The minimum Gasteiger partial charge on any atom is -0.0802 e. The van der Waals surface area contributed by atoms with E-state index in [1.165, 1.54) is 5.57 Å². The minimum atomic E-state index is 0.588. The van der Waals surface area contributed by atoms with Crippen LogP contribution in [0.15, 0.2) is 47.6 Å². The quantitative estimate of drug-likeness (QED) is 0.530. The van der Waals surface area contributed by atoms with Crippen molar-refractivity contribution < 1.29 is 0 Å². The van der Waals surface area contributed by atoms with Crippen LogP contribution >= 0.6 is 0 Å². The van der Waals surface area contributed by atoms with Crippen LogP contribution in [0, 0.1) is 5.92 Å². The van der Waals surface area contributed by atoms with E-state index in [2.05, 4.69) is 43.4 Å². The Labute approximate surface area is 67.6 Å². The van der Waals surface area contributed by atoms with Crippen LogP contribution in [0.4, 0.5) is 0 Å². The average molecular weight is 144 g/mol. The summed E-state index contributed by atoms with van der Waals surface area (Å²) in [6, 6.07) is 0. The SMILES string of the molecule is CC1=C(C2C=CC=C2)CC=C1. The molecule has 2 rings (SSSR count). The van der Waals surface area contributed by atoms with Crippen molar-refractivity contribution in [1.82, 2.24) is 0 Å². The molecule has 0 radical (unpaired) electrons. The van der Waals surface area contributed by atoms with E-state index < -0.39 is 0 Å². The van der Waals surface area contributed by atoms with Gasteiger partial charge >= 0.3 is 0 Å². The molecule has 0 aromatic rings. The molecular formula is C11H12. The molecule has 0 bridgehead atoms. The fourth-order valence-electron chi connectivity index (χ4n) is 1.69. The molecule has 11 heavy (non-hydrogen) atoms. The number of allylic oxidation sites excluding steroid dienone is 8. The first-order valence-electron chi connectivity index (χ1n) is 4.09. The zero-order valence-corrected chi connectivity index (χ0v) is 6.75. The molecule has 0 spiro atoms. The third-order valence-corrected chi connectivity index (χ3v) is 2.36. The molecule has 0 heterocycles. The molecule has 0 saturated carbocycles. The maximum atomic E-state index is 2.26. The lowest BCUT2D eigenvalue weighted by Gasteiger charge is -2.07. The van der Waals surface area contributed by atoms with Gasteiger partial charge in [0.2, 0.25) is 0 Å². The Morgan fingerprint density at radius 3 is 2.55 bits per heavy atom. The molecule has 0 nitrogen and oxygen atoms in total. The van der Waals surface area contributed by atoms with Crippen LogP contribution in [0.2, 0.25) is 0 Å². The van der Waals surface area contributed by atoms with Gasteiger partial charge in [0, 0.05) is 5.92 Å². The van der Waals surface area contributed by atoms with Crippen LogP contribution in [-0.4, -0.2) is 0 Å². The van der Waals surface area contributed by atoms with Gasteiger partial charge in [0.15, 0.2) is 0 Å². The van der Waals surface area contributed by atoms with Crippen LogP contribution in [0.1, 0.15) is 13.3 Å². The van der Waals surface area contributed by atoms with Gasteiger partial charge in [-0.3, -0.25) is 0 Å². The average Bonchev–Trinajstić information content (AvgIpc) is 2.55. The third-order valence-electron chi connectivity index (χ3n) is 2.36. The molecule has 0 aromatic heterocycles. The molecule has 0 atom stereocenters. The van der Waals surface area contributed by atoms with Gasteiger partial charge in [-0.15, -0.1) is 0 Å². The predicted molar refractivity (Wildman–Crippen MR) is 48.2 cm³/mol. The molecule has 0 saturated heterocycles. The van der Waals surface area contributed by atoms with E-state index in [0.717, 1.165) is 6.42 Å². The zero-order valence-electron chi connectivity index (χ0n) is 6.75. The van der Waals surface area contributed by atoms with E-state index in [1.54, 1.807) is 5.57 Å². The summed E-state index contributed by atoms with van der Waals surface area (Å²) in [5, 5.41) is 0. The number of hydrogen-bond donors (Lipinski definition) is 0. The van der Waals surface area contributed by atoms with Crippen molar-refractivity contribution in [2.24, 2.45) is 5.92 Å². The molecule has 0 aromatic carbocycles. The molecule has 0 N–H and O–H groups in total. The summed E-state index contributed by atoms with van der Waals surface area (Å²) in [4.78, 5) is 0. The van der Waals surface area contributed by atoms with Gasteiger partial charge in [-0.2, -0.15) is 0 Å². The van der Waals surface area contributed by atoms with Crippen molar-refractivity contribution in [1.29, 1.82) is 0 Å². The smallest absolute Gasteiger partial charge is 0.0172 e. The van der Waals surface area contributed by atoms with E-state index in [0.29, 0.717) is 5.92 Å². The first-order chi connectivity index (χ1) is 5.38. The fraction of sp³-hybridized carbons (Fsp3) is 0.273. The molecule has 0 fully saturated rings. The van der Waals surface area contributed by atoms with E-state index >= 15 is 0 Å². The van der Waals surface area contributed by atoms with Crippen molar-refractivity contribution in [3.8, 4) is 0 Å². The topological polar surface area (TPSA) is 0 Å². The standard InChI is InChI=1S/C11H12/c1-9-5-4-8-11(9)10-6-2-3-7-10/h2-7,10H,8H2,1H3. The summed E-state index contributed by atoms with van der Waals surface area (Å²) in [6.45, 7) is 2.19. The molecule has 0 amide bonds. The van der Waals surface area contributed by atoms with Gasteiger partial charge < -0.3 is 0 Å². The summed E-state index contributed by atoms with van der Waals surface area (Å²) in [5.41, 5.74) is 3.02. The van der Waals surface area contributed by atoms with Crippen molar-refractivity contribution in [2.45, 2.75) is 13.3 Å². The molecule has 0 heteroatoms. The highest BCUT2D eigenvalue weighted by molar-refractivity contribution is 5.40. The lowest BCUT2D eigenvalue weighted by Crippen LogP contribution is -1.93. The molecule has 0 unspecified atom stereocenters. The largest absolute Gasteiger partial charge is 0.0802 e. The Morgan fingerprint density at radius 2 is 2.00 bits per heavy atom. The van der Waals surface area contributed by atoms with Gasteiger partial charge in [-0.1, -0.05) is 47.6 Å². The summed E-state index contributed by atoms with van der Waals surface area (Å²) < 4.78 is 0. The predicted octanol–water partition coefficient (Wildman–Crippen LogP) is 3.01. The second-order valence-electron chi connectivity index (χ2n) is 3.11. The van der Waals surface area contributed by atoms with Crippen molar-refractivity contribution >= 4 is 0 Å². The monoisotopic (exact) mass is 144 g/mol. The Hall–Kier alpha value is -1.04. The van der Waals surface area contributed by atoms with Crippen molar-refractivity contribution in [3.05, 3.63) is 47.6 Å². The van der Waals surface area contributed by atoms with Gasteiger partial charge in [-0.25, -0.2) is 0 Å². The molecule has 0 aliphatic heterocycles. The summed E-state index contributed by atoms with van der Waals surface area (Å²) in [6.07, 6.45) is 14.4. The summed E-state index contributed by atoms with van der Waals surface area (Å²) >= 11 is 0. The van der Waals surface area contributed by atoms with Crippen LogP contribution in [0.25, 0.3) is 0 Å². The lowest BCUT2D eigenvalue weighted by atomic mass is 9.97. The Kier molecular flexibility index (Phi) is 1.54. The number of hydrogen-bond acceptors (Lipinski definition) is 0. The third kappa shape index (κ3) is 1.09. The van der Waals surface area contributed by atoms with Gasteiger partial charge in [0.05, 0.1) is 0 Å². The van der Waals surface area contributed by atoms with E-state index in [4.69, 9.17) is 0 Å². The zero-order chi connectivity index (χ0) is 7.68. The van der Waals surface area contributed by atoms with Crippen LogP contribution < -0.4 is 0 Å². The van der Waals surface area contributed by atoms with Crippen LogP contribution in [0.3, 0.4) is 0 Å². The molecule has 2 aliphatic carbocycles. The van der Waals surface area contributed by atoms with Gasteiger partial charge in [0.1, 0.15) is 0 Å². The van der Waals surface area contributed by atoms with E-state index in [9.17, 15) is 0 Å². The molecular weight excluding hydrogens is 132 g/mol. The fourth-order valence-corrected chi connectivity index (χ4v) is 1.69. The van der Waals surface area contributed by atoms with Crippen molar-refractivity contribution in [2.75, 3.05) is 0 Å². The maximum absolute atomic E-state index is 2.26. The Balaban J connectivity index is 2.24. The minimum absolute atomic E-state index is 0.588.